The topological polar surface area (TPSA) is 88.6 Å². The maximum atomic E-state index is 12.7. The summed E-state index contributed by atoms with van der Waals surface area (Å²) in [6.45, 7) is 4.72. The van der Waals surface area contributed by atoms with Gasteiger partial charge in [-0.3, -0.25) is 4.79 Å². The van der Waals surface area contributed by atoms with Crippen molar-refractivity contribution in [2.24, 2.45) is 11.7 Å². The van der Waals surface area contributed by atoms with E-state index < -0.39 is 0 Å². The number of hydrogen-bond acceptors (Lipinski definition) is 6. The Hall–Kier alpha value is -2.34. The molecule has 1 atom stereocenters. The zero-order valence-electron chi connectivity index (χ0n) is 14.8. The van der Waals surface area contributed by atoms with E-state index in [2.05, 4.69) is 11.0 Å². The third-order valence-electron chi connectivity index (χ3n) is 4.74. The molecule has 0 saturated carbocycles. The molecule has 1 aromatic rings. The number of nitrogens with one attached hydrogen (secondary N) is 1. The van der Waals surface area contributed by atoms with Crippen molar-refractivity contribution < 1.29 is 14.3 Å². The van der Waals surface area contributed by atoms with Crippen LogP contribution in [-0.4, -0.2) is 44.9 Å². The Morgan fingerprint density at radius 1 is 1.44 bits per heavy atom. The molecule has 1 aliphatic carbocycles. The summed E-state index contributed by atoms with van der Waals surface area (Å²) < 4.78 is 11.0. The highest BCUT2D eigenvalue weighted by atomic mass is 16.5. The number of ether oxygens (including phenoxy) is 2. The van der Waals surface area contributed by atoms with Gasteiger partial charge in [-0.2, -0.15) is 0 Å². The molecule has 0 radical (unpaired) electrons. The normalized spacial score (nSPS) is 20.6. The quantitative estimate of drug-likeness (QED) is 0.800. The summed E-state index contributed by atoms with van der Waals surface area (Å²) in [7, 11) is 1.64. The minimum absolute atomic E-state index is 0.112. The Balaban J connectivity index is 1.86. The highest BCUT2D eigenvalue weighted by molar-refractivity contribution is 6.03. The number of anilines is 1. The molecule has 2 aliphatic rings. The molecule has 1 saturated heterocycles. The molecule has 3 N–H and O–H groups in total. The van der Waals surface area contributed by atoms with Crippen LogP contribution in [0.3, 0.4) is 0 Å². The number of methoxy groups -OCH3 is 1. The average Bonchev–Trinajstić information content (AvgIpc) is 2.89. The number of ketones is 1. The fourth-order valence-electron chi connectivity index (χ4n) is 3.59. The van der Waals surface area contributed by atoms with E-state index in [1.807, 2.05) is 6.07 Å². The Bertz CT molecular complexity index is 721. The van der Waals surface area contributed by atoms with Gasteiger partial charge in [-0.05, 0) is 43.5 Å². The van der Waals surface area contributed by atoms with Crippen molar-refractivity contribution >= 4 is 17.2 Å². The molecule has 0 spiro atoms. The number of hydrogen-bond donors (Lipinski definition) is 2. The van der Waals surface area contributed by atoms with E-state index in [-0.39, 0.29) is 11.7 Å². The second-order valence-corrected chi connectivity index (χ2v) is 6.65. The molecule has 0 aromatic heterocycles. The predicted octanol–water partition coefficient (Wildman–Crippen LogP) is 2.16. The lowest BCUT2D eigenvalue weighted by Gasteiger charge is -2.30. The van der Waals surface area contributed by atoms with E-state index >= 15 is 0 Å². The zero-order valence-corrected chi connectivity index (χ0v) is 14.8. The predicted molar refractivity (Wildman–Crippen MR) is 97.8 cm³/mol. The van der Waals surface area contributed by atoms with E-state index in [0.29, 0.717) is 37.5 Å². The van der Waals surface area contributed by atoms with E-state index in [9.17, 15) is 4.79 Å². The smallest absolute Gasteiger partial charge is 0.167 e. The van der Waals surface area contributed by atoms with Crippen LogP contribution in [0.2, 0.25) is 0 Å². The van der Waals surface area contributed by atoms with E-state index in [4.69, 9.17) is 20.6 Å². The molecule has 25 heavy (non-hydrogen) atoms. The van der Waals surface area contributed by atoms with Crippen molar-refractivity contribution in [1.82, 2.24) is 0 Å². The van der Waals surface area contributed by atoms with Crippen LogP contribution in [0.25, 0.3) is 0 Å². The summed E-state index contributed by atoms with van der Waals surface area (Å²) in [6.07, 6.45) is 2.79. The molecule has 6 heteroatoms. The Morgan fingerprint density at radius 2 is 2.16 bits per heavy atom. The molecule has 1 heterocycles. The minimum atomic E-state index is -0.157. The fourth-order valence-corrected chi connectivity index (χ4v) is 3.59. The molecule has 6 nitrogen and oxygen atoms in total. The molecule has 1 aromatic carbocycles. The van der Waals surface area contributed by atoms with Crippen LogP contribution in [0.4, 0.5) is 5.69 Å². The first-order valence-electron chi connectivity index (χ1n) is 8.58. The monoisotopic (exact) mass is 343 g/mol. The van der Waals surface area contributed by atoms with Gasteiger partial charge in [0.1, 0.15) is 5.75 Å². The SMILES string of the molecule is COc1cc2c(cc1N1CCOCC1)CC(C/C(N)=C/C(C)=N)C2=O. The van der Waals surface area contributed by atoms with Crippen LogP contribution in [0.5, 0.6) is 5.75 Å². The maximum Gasteiger partial charge on any atom is 0.167 e. The lowest BCUT2D eigenvalue weighted by atomic mass is 9.98. The Morgan fingerprint density at radius 3 is 2.80 bits per heavy atom. The van der Waals surface area contributed by atoms with Gasteiger partial charge >= 0.3 is 0 Å². The number of Topliss-reactive ketones (excluding diaryl/α,β-unsaturated/α-hetero) is 1. The number of carbonyl (C=O) groups excluding carboxylic acids is 1. The van der Waals surface area contributed by atoms with Gasteiger partial charge in [0, 0.05) is 36.0 Å². The molecular weight excluding hydrogens is 318 g/mol. The first-order valence-corrected chi connectivity index (χ1v) is 8.58. The van der Waals surface area contributed by atoms with E-state index in [1.165, 1.54) is 0 Å². The Kier molecular flexibility index (Phi) is 5.08. The van der Waals surface area contributed by atoms with Gasteiger partial charge in [0.05, 0.1) is 26.0 Å². The molecule has 3 rings (SSSR count). The van der Waals surface area contributed by atoms with Gasteiger partial charge in [0.15, 0.2) is 5.78 Å². The van der Waals surface area contributed by atoms with Crippen LogP contribution < -0.4 is 15.4 Å². The number of rotatable bonds is 5. The second kappa shape index (κ2) is 7.27. The number of allylic oxidation sites excluding steroid dienone is 2. The largest absolute Gasteiger partial charge is 0.495 e. The zero-order chi connectivity index (χ0) is 18.0. The maximum absolute atomic E-state index is 12.7. The second-order valence-electron chi connectivity index (χ2n) is 6.65. The summed E-state index contributed by atoms with van der Waals surface area (Å²) in [5, 5.41) is 7.50. The van der Waals surface area contributed by atoms with Gasteiger partial charge in [-0.15, -0.1) is 0 Å². The van der Waals surface area contributed by atoms with Crippen LogP contribution in [0.15, 0.2) is 23.9 Å². The van der Waals surface area contributed by atoms with Gasteiger partial charge in [-0.25, -0.2) is 0 Å². The van der Waals surface area contributed by atoms with Gasteiger partial charge < -0.3 is 25.5 Å². The number of carbonyl (C=O) groups is 1. The minimum Gasteiger partial charge on any atom is -0.495 e. The van der Waals surface area contributed by atoms with Crippen LogP contribution in [0.1, 0.15) is 29.3 Å². The van der Waals surface area contributed by atoms with E-state index in [1.54, 1.807) is 20.1 Å². The summed E-state index contributed by atoms with van der Waals surface area (Å²) in [5.41, 5.74) is 9.77. The van der Waals surface area contributed by atoms with Gasteiger partial charge in [0.2, 0.25) is 0 Å². The van der Waals surface area contributed by atoms with Crippen LogP contribution in [0, 0.1) is 11.3 Å². The fraction of sp³-hybridized carbons (Fsp3) is 0.474. The van der Waals surface area contributed by atoms with Crippen LogP contribution in [-0.2, 0) is 11.2 Å². The van der Waals surface area contributed by atoms with Gasteiger partial charge in [0.25, 0.3) is 0 Å². The van der Waals surface area contributed by atoms with Crippen molar-refractivity contribution in [2.75, 3.05) is 38.3 Å². The number of nitrogens with two attached hydrogens (primary N) is 1. The summed E-state index contributed by atoms with van der Waals surface area (Å²) >= 11 is 0. The van der Waals surface area contributed by atoms with E-state index in [0.717, 1.165) is 35.7 Å². The third-order valence-corrected chi connectivity index (χ3v) is 4.74. The van der Waals surface area contributed by atoms with Crippen molar-refractivity contribution in [3.63, 3.8) is 0 Å². The molecule has 0 bridgehead atoms. The molecule has 1 unspecified atom stereocenters. The summed E-state index contributed by atoms with van der Waals surface area (Å²) in [6, 6.07) is 3.95. The number of nitrogens with zero attached hydrogens (tertiary/aromatic N) is 1. The lowest BCUT2D eigenvalue weighted by Crippen LogP contribution is -2.36. The first-order chi connectivity index (χ1) is 12.0. The highest BCUT2D eigenvalue weighted by Gasteiger charge is 2.33. The standard InChI is InChI=1S/C19H25N3O3/c1-12(20)7-15(21)9-14-8-13-10-17(22-3-5-25-6-4-22)18(24-2)11-16(13)19(14)23/h7,10-11,14,20H,3-6,8-9,21H2,1-2H3/b15-7-,20-12?. The average molecular weight is 343 g/mol. The number of morpholine rings is 1. The molecule has 134 valence electrons. The summed E-state index contributed by atoms with van der Waals surface area (Å²) in [4.78, 5) is 15.0. The lowest BCUT2D eigenvalue weighted by molar-refractivity contribution is 0.0935. The third kappa shape index (κ3) is 3.69. The van der Waals surface area contributed by atoms with Crippen molar-refractivity contribution in [3.05, 3.63) is 35.0 Å². The molecule has 1 fully saturated rings. The molecule has 0 amide bonds. The summed E-state index contributed by atoms with van der Waals surface area (Å²) in [5.74, 6) is 0.685. The Labute approximate surface area is 148 Å². The van der Waals surface area contributed by atoms with Crippen molar-refractivity contribution in [2.45, 2.75) is 19.8 Å². The number of benzene rings is 1. The first kappa shape index (κ1) is 17.5. The van der Waals surface area contributed by atoms with Crippen molar-refractivity contribution in [3.8, 4) is 5.75 Å². The number of fused-ring (bicyclic) bond motifs is 1. The van der Waals surface area contributed by atoms with Crippen LogP contribution >= 0.6 is 0 Å². The van der Waals surface area contributed by atoms with Crippen molar-refractivity contribution in [1.29, 1.82) is 5.41 Å². The molecular formula is C19H25N3O3. The highest BCUT2D eigenvalue weighted by Crippen LogP contribution is 2.38. The molecule has 1 aliphatic heterocycles. The van der Waals surface area contributed by atoms with Gasteiger partial charge in [-0.1, -0.05) is 0 Å².